The van der Waals surface area contributed by atoms with Gasteiger partial charge in [0.15, 0.2) is 11.5 Å². The quantitative estimate of drug-likeness (QED) is 0.156. The smallest absolute Gasteiger partial charge is 0.416 e. The van der Waals surface area contributed by atoms with E-state index in [4.69, 9.17) is 9.47 Å². The van der Waals surface area contributed by atoms with Gasteiger partial charge < -0.3 is 14.8 Å². The molecule has 0 radical (unpaired) electrons. The van der Waals surface area contributed by atoms with Gasteiger partial charge in [-0.3, -0.25) is 5.43 Å². The summed E-state index contributed by atoms with van der Waals surface area (Å²) in [6, 6.07) is 22.9. The third kappa shape index (κ3) is 7.45. The van der Waals surface area contributed by atoms with Crippen LogP contribution < -0.4 is 24.9 Å². The molecular weight excluding hydrogens is 617 g/mol. The van der Waals surface area contributed by atoms with Crippen molar-refractivity contribution in [2.24, 2.45) is 5.10 Å². The minimum atomic E-state index is -4.47. The average Bonchev–Trinajstić information content (AvgIpc) is 3.02. The molecule has 1 heterocycles. The van der Waals surface area contributed by atoms with Gasteiger partial charge in [0, 0.05) is 28.9 Å². The van der Waals surface area contributed by atoms with Crippen LogP contribution >= 0.6 is 0 Å². The highest BCUT2D eigenvalue weighted by atomic mass is 32.2. The molecule has 0 aliphatic carbocycles. The number of nitrogens with one attached hydrogen (secondary N) is 3. The molecule has 1 aliphatic rings. The molecule has 3 N–H and O–H groups in total. The Balaban J connectivity index is 1.34. The molecule has 0 saturated carbocycles. The third-order valence-corrected chi connectivity index (χ3v) is 9.00. The molecule has 8 nitrogen and oxygen atoms in total. The highest BCUT2D eigenvalue weighted by molar-refractivity contribution is 7.89. The predicted molar refractivity (Wildman–Crippen MR) is 172 cm³/mol. The van der Waals surface area contributed by atoms with Crippen LogP contribution in [0.4, 0.5) is 18.9 Å². The van der Waals surface area contributed by atoms with Crippen LogP contribution in [-0.4, -0.2) is 33.9 Å². The summed E-state index contributed by atoms with van der Waals surface area (Å²) >= 11 is 0. The molecule has 0 bridgehead atoms. The lowest BCUT2D eigenvalue weighted by Gasteiger charge is -2.28. The molecule has 0 saturated heterocycles. The van der Waals surface area contributed by atoms with Crippen molar-refractivity contribution >= 4 is 21.4 Å². The Hall–Kier alpha value is -4.55. The lowest BCUT2D eigenvalue weighted by molar-refractivity contribution is -0.137. The summed E-state index contributed by atoms with van der Waals surface area (Å²) in [6.07, 6.45) is -4.65. The number of alkyl halides is 3. The van der Waals surface area contributed by atoms with Gasteiger partial charge in [-0.1, -0.05) is 48.5 Å². The molecule has 0 fully saturated rings. The second-order valence-corrected chi connectivity index (χ2v) is 12.3. The van der Waals surface area contributed by atoms with Crippen molar-refractivity contribution < 1.29 is 31.1 Å². The largest absolute Gasteiger partial charge is 0.490 e. The maximum atomic E-state index is 13.5. The van der Waals surface area contributed by atoms with Gasteiger partial charge in [-0.15, -0.1) is 0 Å². The zero-order valence-electron chi connectivity index (χ0n) is 25.6. The molecule has 12 heteroatoms. The number of fused-ring (bicyclic) bond motifs is 1. The fourth-order valence-electron chi connectivity index (χ4n) is 5.20. The van der Waals surface area contributed by atoms with Crippen LogP contribution in [0.3, 0.4) is 0 Å². The minimum absolute atomic E-state index is 0.121. The summed E-state index contributed by atoms with van der Waals surface area (Å²) in [6.45, 7) is 6.65. The average molecular weight is 653 g/mol. The first-order chi connectivity index (χ1) is 22.0. The summed E-state index contributed by atoms with van der Waals surface area (Å²) < 4.78 is 80.8. The number of sulfonamides is 1. The molecule has 242 valence electrons. The third-order valence-electron chi connectivity index (χ3n) is 7.40. The predicted octanol–water partition coefficient (Wildman–Crippen LogP) is 6.80. The van der Waals surface area contributed by atoms with Gasteiger partial charge >= 0.3 is 6.18 Å². The van der Waals surface area contributed by atoms with Crippen molar-refractivity contribution in [2.45, 2.75) is 44.4 Å². The number of nitrogens with zero attached hydrogens (tertiary/aromatic N) is 1. The van der Waals surface area contributed by atoms with Crippen LogP contribution in [0.25, 0.3) is 0 Å². The van der Waals surface area contributed by atoms with E-state index < -0.39 is 27.9 Å². The van der Waals surface area contributed by atoms with Crippen molar-refractivity contribution in [1.82, 2.24) is 10.1 Å². The van der Waals surface area contributed by atoms with E-state index in [-0.39, 0.29) is 17.1 Å². The van der Waals surface area contributed by atoms with E-state index in [1.54, 1.807) is 31.2 Å². The molecule has 1 atom stereocenters. The lowest BCUT2D eigenvalue weighted by atomic mass is 9.94. The maximum Gasteiger partial charge on any atom is 0.416 e. The van der Waals surface area contributed by atoms with Gasteiger partial charge in [0.2, 0.25) is 10.0 Å². The number of ether oxygens (including phenoxy) is 2. The first-order valence-corrected chi connectivity index (χ1v) is 16.3. The van der Waals surface area contributed by atoms with Crippen LogP contribution in [0.15, 0.2) is 94.9 Å². The van der Waals surface area contributed by atoms with E-state index in [0.717, 1.165) is 23.3 Å². The Morgan fingerprint density at radius 2 is 1.65 bits per heavy atom. The SMILES string of the molecule is CCOc1ccc(CCNS(=O)(=O)c2cc(C3=NNC(Nc4cccc(C(F)(F)F)c4)c4ccccc43)ccc2C)cc1OCC. The van der Waals surface area contributed by atoms with E-state index in [9.17, 15) is 21.6 Å². The van der Waals surface area contributed by atoms with E-state index in [1.165, 1.54) is 6.07 Å². The van der Waals surface area contributed by atoms with Crippen molar-refractivity contribution in [2.75, 3.05) is 25.1 Å². The van der Waals surface area contributed by atoms with E-state index >= 15 is 0 Å². The summed E-state index contributed by atoms with van der Waals surface area (Å²) in [4.78, 5) is 0.121. The second-order valence-electron chi connectivity index (χ2n) is 10.6. The summed E-state index contributed by atoms with van der Waals surface area (Å²) in [7, 11) is -3.89. The zero-order chi connectivity index (χ0) is 32.9. The van der Waals surface area contributed by atoms with Crippen molar-refractivity contribution in [3.63, 3.8) is 0 Å². The molecule has 1 unspecified atom stereocenters. The molecule has 0 amide bonds. The normalized spacial score (nSPS) is 14.6. The summed E-state index contributed by atoms with van der Waals surface area (Å²) in [5.41, 5.74) is 6.50. The Morgan fingerprint density at radius 3 is 2.41 bits per heavy atom. The summed E-state index contributed by atoms with van der Waals surface area (Å²) in [5, 5.41) is 7.62. The first kappa shape index (κ1) is 32.8. The Morgan fingerprint density at radius 1 is 0.891 bits per heavy atom. The van der Waals surface area contributed by atoms with Gasteiger partial charge in [0.1, 0.15) is 6.17 Å². The Labute approximate surface area is 266 Å². The second kappa shape index (κ2) is 13.8. The number of anilines is 1. The van der Waals surface area contributed by atoms with Gasteiger partial charge in [0.05, 0.1) is 29.4 Å². The van der Waals surface area contributed by atoms with Crippen LogP contribution in [0.2, 0.25) is 0 Å². The van der Waals surface area contributed by atoms with Crippen molar-refractivity contribution in [3.05, 3.63) is 118 Å². The molecule has 0 aromatic heterocycles. The number of hydrogen-bond donors (Lipinski definition) is 3. The van der Waals surface area contributed by atoms with E-state index in [1.807, 2.05) is 56.3 Å². The van der Waals surface area contributed by atoms with Crippen molar-refractivity contribution in [3.8, 4) is 11.5 Å². The highest BCUT2D eigenvalue weighted by Crippen LogP contribution is 2.33. The van der Waals surface area contributed by atoms with Gasteiger partial charge in [-0.2, -0.15) is 18.3 Å². The number of hydrazone groups is 1. The minimum Gasteiger partial charge on any atom is -0.490 e. The monoisotopic (exact) mass is 652 g/mol. The number of rotatable bonds is 12. The molecule has 4 aromatic rings. The highest BCUT2D eigenvalue weighted by Gasteiger charge is 2.31. The first-order valence-electron chi connectivity index (χ1n) is 14.9. The molecule has 1 aliphatic heterocycles. The van der Waals surface area contributed by atoms with Crippen LogP contribution in [0, 0.1) is 6.92 Å². The zero-order valence-corrected chi connectivity index (χ0v) is 26.4. The molecule has 5 rings (SSSR count). The molecule has 46 heavy (non-hydrogen) atoms. The van der Waals surface area contributed by atoms with Crippen molar-refractivity contribution in [1.29, 1.82) is 0 Å². The lowest BCUT2D eigenvalue weighted by Crippen LogP contribution is -2.32. The van der Waals surface area contributed by atoms with E-state index in [2.05, 4.69) is 20.6 Å². The van der Waals surface area contributed by atoms with Crippen LogP contribution in [0.1, 0.15) is 53.4 Å². The molecule has 0 spiro atoms. The fraction of sp³-hybridized carbons (Fsp3) is 0.265. The van der Waals surface area contributed by atoms with Crippen LogP contribution in [0.5, 0.6) is 11.5 Å². The molecular formula is C34H35F3N4O4S. The standard InChI is InChI=1S/C34H35F3N4O4S/c1-4-44-29-16-14-23(19-30(29)45-5-2)17-18-38-46(42,43)31-20-24(15-13-22(31)3)32-27-11-6-7-12-28(27)33(41-40-32)39-26-10-8-9-25(21-26)34(35,36)37/h6-16,19-21,33,38-39,41H,4-5,17-18H2,1-3H3. The van der Waals surface area contributed by atoms with Gasteiger partial charge in [-0.25, -0.2) is 13.1 Å². The number of aryl methyl sites for hydroxylation is 1. The number of halogens is 3. The van der Waals surface area contributed by atoms with Gasteiger partial charge in [-0.05, 0) is 74.7 Å². The van der Waals surface area contributed by atoms with Crippen LogP contribution in [-0.2, 0) is 22.6 Å². The fourth-order valence-corrected chi connectivity index (χ4v) is 6.50. The number of benzene rings is 4. The topological polar surface area (TPSA) is 101 Å². The Bertz CT molecular complexity index is 1840. The molecule has 4 aromatic carbocycles. The van der Waals surface area contributed by atoms with E-state index in [0.29, 0.717) is 53.5 Å². The van der Waals surface area contributed by atoms with Gasteiger partial charge in [0.25, 0.3) is 0 Å². The maximum absolute atomic E-state index is 13.5. The number of hydrogen-bond acceptors (Lipinski definition) is 7. The summed E-state index contributed by atoms with van der Waals surface area (Å²) in [5.74, 6) is 1.25. The Kier molecular flexibility index (Phi) is 9.88.